The second kappa shape index (κ2) is 5.80. The van der Waals surface area contributed by atoms with Crippen LogP contribution in [0.5, 0.6) is 0 Å². The highest BCUT2D eigenvalue weighted by Crippen LogP contribution is 2.32. The predicted octanol–water partition coefficient (Wildman–Crippen LogP) is 2.44. The summed E-state index contributed by atoms with van der Waals surface area (Å²) in [4.78, 5) is 0.122. The molecule has 1 heterocycles. The lowest BCUT2D eigenvalue weighted by atomic mass is 10.1. The molecule has 0 saturated carbocycles. The summed E-state index contributed by atoms with van der Waals surface area (Å²) < 4.78 is 27.9. The lowest BCUT2D eigenvalue weighted by Crippen LogP contribution is -2.09. The van der Waals surface area contributed by atoms with Gasteiger partial charge < -0.3 is 11.1 Å². The Morgan fingerprint density at radius 3 is 2.55 bits per heavy atom. The highest BCUT2D eigenvalue weighted by atomic mass is 32.2. The molecule has 0 amide bonds. The number of rotatable bonds is 5. The maximum atomic E-state index is 12.0. The molecule has 5 nitrogen and oxygen atoms in total. The van der Waals surface area contributed by atoms with E-state index in [9.17, 15) is 8.42 Å². The molecule has 0 fully saturated rings. The van der Waals surface area contributed by atoms with Crippen molar-refractivity contribution >= 4 is 32.2 Å². The standard InChI is InChI=1S/C13H17N3O2S2/c1-3-20(17,18)11-12(14)16-19-13(11)15-8-10-6-4-9(2)5-7-10/h4-7,15H,3,8H2,1-2H3,(H2,14,16). The number of nitrogens with one attached hydrogen (secondary N) is 1. The van der Waals surface area contributed by atoms with Crippen molar-refractivity contribution in [2.45, 2.75) is 25.3 Å². The van der Waals surface area contributed by atoms with Crippen molar-refractivity contribution in [1.82, 2.24) is 4.37 Å². The smallest absolute Gasteiger partial charge is 0.184 e. The highest BCUT2D eigenvalue weighted by Gasteiger charge is 2.23. The van der Waals surface area contributed by atoms with Crippen LogP contribution >= 0.6 is 11.5 Å². The second-order valence-corrected chi connectivity index (χ2v) is 7.46. The molecule has 7 heteroatoms. The number of nitrogens with zero attached hydrogens (tertiary/aromatic N) is 1. The topological polar surface area (TPSA) is 85.1 Å². The van der Waals surface area contributed by atoms with Crippen LogP contribution in [0.15, 0.2) is 29.2 Å². The molecule has 0 radical (unpaired) electrons. The Kier molecular flexibility index (Phi) is 4.29. The molecule has 1 aromatic carbocycles. The monoisotopic (exact) mass is 311 g/mol. The van der Waals surface area contributed by atoms with Crippen LogP contribution in [-0.4, -0.2) is 18.5 Å². The van der Waals surface area contributed by atoms with Crippen molar-refractivity contribution in [1.29, 1.82) is 0 Å². The van der Waals surface area contributed by atoms with Crippen LogP contribution in [0.3, 0.4) is 0 Å². The SMILES string of the molecule is CCS(=O)(=O)c1c(N)nsc1NCc1ccc(C)cc1. The Hall–Kier alpha value is -1.60. The molecule has 3 N–H and O–H groups in total. The van der Waals surface area contributed by atoms with Crippen LogP contribution in [0.2, 0.25) is 0 Å². The molecule has 20 heavy (non-hydrogen) atoms. The van der Waals surface area contributed by atoms with E-state index in [1.165, 1.54) is 5.56 Å². The Labute approximate surface area is 122 Å². The number of aryl methyl sites for hydroxylation is 1. The summed E-state index contributed by atoms with van der Waals surface area (Å²) >= 11 is 1.08. The molecule has 2 rings (SSSR count). The average Bonchev–Trinajstić information content (AvgIpc) is 2.80. The van der Waals surface area contributed by atoms with Crippen LogP contribution in [0.25, 0.3) is 0 Å². The fourth-order valence-electron chi connectivity index (χ4n) is 1.74. The molecule has 0 aliphatic carbocycles. The third-order valence-corrected chi connectivity index (χ3v) is 5.68. The highest BCUT2D eigenvalue weighted by molar-refractivity contribution is 7.91. The van der Waals surface area contributed by atoms with E-state index in [1.807, 2.05) is 31.2 Å². The first-order chi connectivity index (χ1) is 9.44. The van der Waals surface area contributed by atoms with Crippen molar-refractivity contribution in [3.63, 3.8) is 0 Å². The molecular formula is C13H17N3O2S2. The lowest BCUT2D eigenvalue weighted by Gasteiger charge is -2.07. The number of hydrogen-bond acceptors (Lipinski definition) is 6. The summed E-state index contributed by atoms with van der Waals surface area (Å²) in [5.74, 6) is 0.0812. The summed E-state index contributed by atoms with van der Waals surface area (Å²) in [6.45, 7) is 4.15. The fraction of sp³-hybridized carbons (Fsp3) is 0.308. The number of hydrogen-bond donors (Lipinski definition) is 2. The Morgan fingerprint density at radius 1 is 1.30 bits per heavy atom. The van der Waals surface area contributed by atoms with Crippen LogP contribution in [0.1, 0.15) is 18.1 Å². The predicted molar refractivity (Wildman–Crippen MR) is 82.8 cm³/mol. The van der Waals surface area contributed by atoms with E-state index in [-0.39, 0.29) is 16.5 Å². The van der Waals surface area contributed by atoms with Gasteiger partial charge in [0, 0.05) is 6.54 Å². The maximum absolute atomic E-state index is 12.0. The van der Waals surface area contributed by atoms with Crippen LogP contribution < -0.4 is 11.1 Å². The van der Waals surface area contributed by atoms with E-state index in [0.29, 0.717) is 11.5 Å². The zero-order valence-electron chi connectivity index (χ0n) is 11.4. The maximum Gasteiger partial charge on any atom is 0.184 e. The zero-order valence-corrected chi connectivity index (χ0v) is 13.0. The first-order valence-electron chi connectivity index (χ1n) is 6.21. The van der Waals surface area contributed by atoms with Gasteiger partial charge in [-0.2, -0.15) is 4.37 Å². The molecule has 1 aromatic heterocycles. The van der Waals surface area contributed by atoms with E-state index >= 15 is 0 Å². The quantitative estimate of drug-likeness (QED) is 0.886. The van der Waals surface area contributed by atoms with Crippen molar-refractivity contribution in [2.75, 3.05) is 16.8 Å². The summed E-state index contributed by atoms with van der Waals surface area (Å²) in [5, 5.41) is 3.61. The summed E-state index contributed by atoms with van der Waals surface area (Å²) in [6, 6.07) is 8.03. The normalized spacial score (nSPS) is 11.5. The van der Waals surface area contributed by atoms with Crippen LogP contribution in [0.4, 0.5) is 10.8 Å². The van der Waals surface area contributed by atoms with Gasteiger partial charge in [0.2, 0.25) is 0 Å². The van der Waals surface area contributed by atoms with Gasteiger partial charge in [0.05, 0.1) is 5.75 Å². The van der Waals surface area contributed by atoms with Crippen LogP contribution in [0, 0.1) is 6.92 Å². The molecule has 0 atom stereocenters. The van der Waals surface area contributed by atoms with E-state index in [1.54, 1.807) is 6.92 Å². The second-order valence-electron chi connectivity index (χ2n) is 4.47. The Morgan fingerprint density at radius 2 is 1.95 bits per heavy atom. The number of nitrogen functional groups attached to an aromatic ring is 1. The average molecular weight is 311 g/mol. The first-order valence-corrected chi connectivity index (χ1v) is 8.64. The number of nitrogens with two attached hydrogens (primary N) is 1. The molecule has 0 saturated heterocycles. The third kappa shape index (κ3) is 3.10. The lowest BCUT2D eigenvalue weighted by molar-refractivity contribution is 0.598. The van der Waals surface area contributed by atoms with Gasteiger partial charge in [-0.15, -0.1) is 0 Å². The summed E-state index contributed by atoms with van der Waals surface area (Å²) in [6.07, 6.45) is 0. The minimum Gasteiger partial charge on any atom is -0.382 e. The zero-order chi connectivity index (χ0) is 14.8. The van der Waals surface area contributed by atoms with E-state index in [4.69, 9.17) is 5.73 Å². The molecule has 0 aliphatic rings. The minimum absolute atomic E-state index is 0.00875. The molecule has 0 aliphatic heterocycles. The van der Waals surface area contributed by atoms with Gasteiger partial charge in [0.15, 0.2) is 15.7 Å². The van der Waals surface area contributed by atoms with Crippen molar-refractivity contribution < 1.29 is 8.42 Å². The van der Waals surface area contributed by atoms with Crippen molar-refractivity contribution in [3.8, 4) is 0 Å². The van der Waals surface area contributed by atoms with E-state index in [2.05, 4.69) is 9.69 Å². The van der Waals surface area contributed by atoms with Gasteiger partial charge in [-0.05, 0) is 24.0 Å². The van der Waals surface area contributed by atoms with Gasteiger partial charge in [-0.1, -0.05) is 36.8 Å². The fourth-order valence-corrected chi connectivity index (χ4v) is 3.90. The Balaban J connectivity index is 2.21. The molecule has 0 bridgehead atoms. The summed E-state index contributed by atoms with van der Waals surface area (Å²) in [7, 11) is -3.37. The van der Waals surface area contributed by atoms with E-state index in [0.717, 1.165) is 17.1 Å². The molecule has 0 spiro atoms. The van der Waals surface area contributed by atoms with E-state index < -0.39 is 9.84 Å². The molecule has 0 unspecified atom stereocenters. The van der Waals surface area contributed by atoms with Crippen molar-refractivity contribution in [3.05, 3.63) is 35.4 Å². The first kappa shape index (κ1) is 14.8. The van der Waals surface area contributed by atoms with Gasteiger partial charge in [0.1, 0.15) is 9.90 Å². The minimum atomic E-state index is -3.37. The molecule has 108 valence electrons. The summed E-state index contributed by atoms with van der Waals surface area (Å²) in [5.41, 5.74) is 7.93. The van der Waals surface area contributed by atoms with Gasteiger partial charge >= 0.3 is 0 Å². The van der Waals surface area contributed by atoms with Crippen molar-refractivity contribution in [2.24, 2.45) is 0 Å². The number of aromatic nitrogens is 1. The van der Waals surface area contributed by atoms with Gasteiger partial charge in [-0.3, -0.25) is 0 Å². The Bertz CT molecular complexity index is 691. The van der Waals surface area contributed by atoms with Gasteiger partial charge in [-0.25, -0.2) is 8.42 Å². The van der Waals surface area contributed by atoms with Crippen LogP contribution in [-0.2, 0) is 16.4 Å². The molecule has 2 aromatic rings. The van der Waals surface area contributed by atoms with Gasteiger partial charge in [0.25, 0.3) is 0 Å². The molecular weight excluding hydrogens is 294 g/mol. The largest absolute Gasteiger partial charge is 0.382 e. The number of sulfone groups is 1. The third-order valence-electron chi connectivity index (χ3n) is 2.94. The number of anilines is 2. The number of benzene rings is 1.